The van der Waals surface area contributed by atoms with E-state index in [1.165, 1.54) is 6.20 Å². The van der Waals surface area contributed by atoms with Gasteiger partial charge < -0.3 is 10.0 Å². The maximum absolute atomic E-state index is 11.5. The molecule has 1 aromatic heterocycles. The van der Waals surface area contributed by atoms with E-state index in [0.29, 0.717) is 0 Å². The third kappa shape index (κ3) is 3.29. The Kier molecular flexibility index (Phi) is 5.07. The topological polar surface area (TPSA) is 53.4 Å². The van der Waals surface area contributed by atoms with Gasteiger partial charge in [0.05, 0.1) is 11.2 Å². The van der Waals surface area contributed by atoms with Crippen molar-refractivity contribution in [2.75, 3.05) is 24.0 Å². The Hall–Kier alpha value is -1.75. The SMILES string of the molecule is CSCCC(C)N(C)c1c(C(=O)O)cnc2ccccc12. The van der Waals surface area contributed by atoms with Crippen molar-refractivity contribution in [3.8, 4) is 0 Å². The molecule has 21 heavy (non-hydrogen) atoms. The second-order valence-electron chi connectivity index (χ2n) is 5.08. The number of carboxylic acid groups (broad SMARTS) is 1. The number of fused-ring (bicyclic) bond motifs is 1. The van der Waals surface area contributed by atoms with E-state index in [4.69, 9.17) is 0 Å². The summed E-state index contributed by atoms with van der Waals surface area (Å²) in [6, 6.07) is 7.93. The fourth-order valence-electron chi connectivity index (χ4n) is 2.37. The van der Waals surface area contributed by atoms with Gasteiger partial charge in [0.1, 0.15) is 5.56 Å². The van der Waals surface area contributed by atoms with Crippen LogP contribution in [0.3, 0.4) is 0 Å². The normalized spacial score (nSPS) is 12.3. The summed E-state index contributed by atoms with van der Waals surface area (Å²) in [4.78, 5) is 17.9. The zero-order valence-electron chi connectivity index (χ0n) is 12.5. The van der Waals surface area contributed by atoms with Crippen molar-refractivity contribution < 1.29 is 9.90 Å². The Balaban J connectivity index is 2.53. The first-order valence-corrected chi connectivity index (χ1v) is 8.28. The Morgan fingerprint density at radius 3 is 2.81 bits per heavy atom. The van der Waals surface area contributed by atoms with Crippen molar-refractivity contribution in [3.63, 3.8) is 0 Å². The van der Waals surface area contributed by atoms with Gasteiger partial charge in [-0.25, -0.2) is 4.79 Å². The van der Waals surface area contributed by atoms with E-state index in [9.17, 15) is 9.90 Å². The van der Waals surface area contributed by atoms with Crippen molar-refractivity contribution in [1.82, 2.24) is 4.98 Å². The molecule has 1 heterocycles. The van der Waals surface area contributed by atoms with Gasteiger partial charge in [0.2, 0.25) is 0 Å². The van der Waals surface area contributed by atoms with Gasteiger partial charge in [-0.05, 0) is 31.4 Å². The molecule has 5 heteroatoms. The number of nitrogens with zero attached hydrogens (tertiary/aromatic N) is 2. The molecule has 0 saturated heterocycles. The first-order valence-electron chi connectivity index (χ1n) is 6.89. The number of thioether (sulfide) groups is 1. The summed E-state index contributed by atoms with van der Waals surface area (Å²) in [6.07, 6.45) is 4.54. The number of anilines is 1. The second-order valence-corrected chi connectivity index (χ2v) is 6.07. The smallest absolute Gasteiger partial charge is 0.339 e. The predicted molar refractivity (Wildman–Crippen MR) is 89.6 cm³/mol. The maximum Gasteiger partial charge on any atom is 0.339 e. The van der Waals surface area contributed by atoms with Crippen LogP contribution < -0.4 is 4.90 Å². The minimum Gasteiger partial charge on any atom is -0.478 e. The van der Waals surface area contributed by atoms with E-state index in [0.717, 1.165) is 28.8 Å². The van der Waals surface area contributed by atoms with E-state index in [1.54, 1.807) is 11.8 Å². The summed E-state index contributed by atoms with van der Waals surface area (Å²) in [5.74, 6) is 0.115. The number of pyridine rings is 1. The molecule has 2 rings (SSSR count). The quantitative estimate of drug-likeness (QED) is 0.885. The molecular weight excluding hydrogens is 284 g/mol. The molecule has 0 amide bonds. The van der Waals surface area contributed by atoms with Gasteiger partial charge in [0.25, 0.3) is 0 Å². The third-order valence-corrected chi connectivity index (χ3v) is 4.37. The van der Waals surface area contributed by atoms with Crippen LogP contribution in [0.2, 0.25) is 0 Å². The number of carboxylic acids is 1. The molecule has 0 aliphatic carbocycles. The zero-order chi connectivity index (χ0) is 15.4. The van der Waals surface area contributed by atoms with E-state index >= 15 is 0 Å². The van der Waals surface area contributed by atoms with Crippen molar-refractivity contribution in [3.05, 3.63) is 36.0 Å². The van der Waals surface area contributed by atoms with Crippen LogP contribution in [0.4, 0.5) is 5.69 Å². The lowest BCUT2D eigenvalue weighted by atomic mass is 10.1. The average Bonchev–Trinajstić information content (AvgIpc) is 2.50. The largest absolute Gasteiger partial charge is 0.478 e. The number of carbonyl (C=O) groups is 1. The van der Waals surface area contributed by atoms with Crippen LogP contribution in [0.15, 0.2) is 30.5 Å². The highest BCUT2D eigenvalue weighted by atomic mass is 32.2. The second kappa shape index (κ2) is 6.80. The van der Waals surface area contributed by atoms with Gasteiger partial charge in [-0.1, -0.05) is 18.2 Å². The van der Waals surface area contributed by atoms with Crippen molar-refractivity contribution in [2.24, 2.45) is 0 Å². The van der Waals surface area contributed by atoms with E-state index < -0.39 is 5.97 Å². The molecule has 0 radical (unpaired) electrons. The number of aromatic carboxylic acids is 1. The molecule has 0 fully saturated rings. The van der Waals surface area contributed by atoms with Crippen LogP contribution >= 0.6 is 11.8 Å². The third-order valence-electron chi connectivity index (χ3n) is 3.73. The number of hydrogen-bond acceptors (Lipinski definition) is 4. The lowest BCUT2D eigenvalue weighted by Gasteiger charge is -2.29. The van der Waals surface area contributed by atoms with Crippen molar-refractivity contribution >= 4 is 34.3 Å². The Labute approximate surface area is 129 Å². The standard InChI is InChI=1S/C16H20N2O2S/c1-11(8-9-21-3)18(2)15-12-6-4-5-7-14(12)17-10-13(15)16(19)20/h4-7,10-11H,8-9H2,1-3H3,(H,19,20). The molecule has 0 aliphatic heterocycles. The lowest BCUT2D eigenvalue weighted by molar-refractivity contribution is 0.0697. The summed E-state index contributed by atoms with van der Waals surface area (Å²) >= 11 is 1.80. The minimum absolute atomic E-state index is 0.257. The molecule has 2 aromatic rings. The lowest BCUT2D eigenvalue weighted by Crippen LogP contribution is -2.31. The molecule has 1 unspecified atom stereocenters. The molecule has 1 aromatic carbocycles. The van der Waals surface area contributed by atoms with Crippen LogP contribution in [0, 0.1) is 0 Å². The molecule has 0 spiro atoms. The Morgan fingerprint density at radius 1 is 1.43 bits per heavy atom. The number of aromatic nitrogens is 1. The predicted octanol–water partition coefficient (Wildman–Crippen LogP) is 3.51. The van der Waals surface area contributed by atoms with E-state index in [-0.39, 0.29) is 11.6 Å². The minimum atomic E-state index is -0.938. The first-order chi connectivity index (χ1) is 10.1. The van der Waals surface area contributed by atoms with Crippen molar-refractivity contribution in [1.29, 1.82) is 0 Å². The zero-order valence-corrected chi connectivity index (χ0v) is 13.4. The summed E-state index contributed by atoms with van der Waals surface area (Å²) in [5.41, 5.74) is 1.83. The first kappa shape index (κ1) is 15.6. The fourth-order valence-corrected chi connectivity index (χ4v) is 2.94. The van der Waals surface area contributed by atoms with Gasteiger partial charge in [0.15, 0.2) is 0 Å². The van der Waals surface area contributed by atoms with Gasteiger partial charge in [-0.15, -0.1) is 0 Å². The number of hydrogen-bond donors (Lipinski definition) is 1. The Morgan fingerprint density at radius 2 is 2.14 bits per heavy atom. The van der Waals surface area contributed by atoms with E-state index in [1.807, 2.05) is 31.3 Å². The number of benzene rings is 1. The fraction of sp³-hybridized carbons (Fsp3) is 0.375. The van der Waals surface area contributed by atoms with Crippen LogP contribution in [-0.2, 0) is 0 Å². The van der Waals surface area contributed by atoms with Gasteiger partial charge in [0, 0.05) is 24.7 Å². The Bertz CT molecular complexity index is 645. The summed E-state index contributed by atoms with van der Waals surface area (Å²) in [5, 5.41) is 10.3. The van der Waals surface area contributed by atoms with Gasteiger partial charge in [-0.2, -0.15) is 11.8 Å². The summed E-state index contributed by atoms with van der Waals surface area (Å²) in [7, 11) is 1.96. The summed E-state index contributed by atoms with van der Waals surface area (Å²) < 4.78 is 0. The summed E-state index contributed by atoms with van der Waals surface area (Å²) in [6.45, 7) is 2.12. The molecule has 4 nitrogen and oxygen atoms in total. The van der Waals surface area contributed by atoms with Crippen molar-refractivity contribution in [2.45, 2.75) is 19.4 Å². The van der Waals surface area contributed by atoms with Gasteiger partial charge in [-0.3, -0.25) is 4.98 Å². The highest BCUT2D eigenvalue weighted by molar-refractivity contribution is 7.98. The monoisotopic (exact) mass is 304 g/mol. The van der Waals surface area contributed by atoms with Gasteiger partial charge >= 0.3 is 5.97 Å². The van der Waals surface area contributed by atoms with Crippen LogP contribution in [-0.4, -0.2) is 41.2 Å². The van der Waals surface area contributed by atoms with Crippen LogP contribution in [0.25, 0.3) is 10.9 Å². The molecule has 0 bridgehead atoms. The number of rotatable bonds is 6. The average molecular weight is 304 g/mol. The van der Waals surface area contributed by atoms with E-state index in [2.05, 4.69) is 23.1 Å². The molecular formula is C16H20N2O2S. The van der Waals surface area contributed by atoms with Crippen LogP contribution in [0.5, 0.6) is 0 Å². The molecule has 1 atom stereocenters. The molecule has 112 valence electrons. The highest BCUT2D eigenvalue weighted by Gasteiger charge is 2.20. The molecule has 1 N–H and O–H groups in total. The molecule has 0 aliphatic rings. The highest BCUT2D eigenvalue weighted by Crippen LogP contribution is 2.30. The molecule has 0 saturated carbocycles. The number of para-hydroxylation sites is 1. The van der Waals surface area contributed by atoms with Crippen LogP contribution in [0.1, 0.15) is 23.7 Å². The maximum atomic E-state index is 11.5.